The predicted octanol–water partition coefficient (Wildman–Crippen LogP) is 6.36. The second-order valence-electron chi connectivity index (χ2n) is 8.92. The maximum absolute atomic E-state index is 5.98. The standard InChI is InChI=1S/C26H32N2O2S2/c1-26(2,3)21-9-11-23(12-10-21)30-25(31)28(5)22-7-6-8-24(17-22)29-15-14-27(4)18-20-13-16-32-19-20/h6-13,16-17,19H,14-15,18H2,1-5H3. The minimum atomic E-state index is 0.106. The number of thiophene rings is 1. The van der Waals surface area contributed by atoms with E-state index in [1.807, 2.05) is 48.3 Å². The van der Waals surface area contributed by atoms with Gasteiger partial charge < -0.3 is 14.4 Å². The van der Waals surface area contributed by atoms with Crippen molar-refractivity contribution in [1.82, 2.24) is 4.90 Å². The first-order valence-corrected chi connectivity index (χ1v) is 12.1. The number of ether oxygens (including phenoxy) is 2. The van der Waals surface area contributed by atoms with Crippen LogP contribution in [0.4, 0.5) is 5.69 Å². The fourth-order valence-electron chi connectivity index (χ4n) is 3.17. The lowest BCUT2D eigenvalue weighted by Gasteiger charge is -2.22. The average Bonchev–Trinajstić information content (AvgIpc) is 3.26. The number of hydrogen-bond acceptors (Lipinski definition) is 5. The molecule has 0 aliphatic heterocycles. The second-order valence-corrected chi connectivity index (χ2v) is 10.0. The van der Waals surface area contributed by atoms with E-state index in [4.69, 9.17) is 21.7 Å². The summed E-state index contributed by atoms with van der Waals surface area (Å²) in [4.78, 5) is 4.11. The first-order valence-electron chi connectivity index (χ1n) is 10.7. The van der Waals surface area contributed by atoms with Gasteiger partial charge in [0.2, 0.25) is 0 Å². The second kappa shape index (κ2) is 10.9. The monoisotopic (exact) mass is 468 g/mol. The first-order chi connectivity index (χ1) is 15.2. The molecule has 0 amide bonds. The van der Waals surface area contributed by atoms with Crippen molar-refractivity contribution in [3.8, 4) is 11.5 Å². The van der Waals surface area contributed by atoms with E-state index >= 15 is 0 Å². The summed E-state index contributed by atoms with van der Waals surface area (Å²) in [5, 5.41) is 4.68. The summed E-state index contributed by atoms with van der Waals surface area (Å²) in [6, 6.07) is 18.2. The number of hydrogen-bond donors (Lipinski definition) is 0. The largest absolute Gasteiger partial charge is 0.492 e. The highest BCUT2D eigenvalue weighted by Crippen LogP contribution is 2.25. The van der Waals surface area contributed by atoms with E-state index in [-0.39, 0.29) is 5.41 Å². The van der Waals surface area contributed by atoms with Gasteiger partial charge in [0.15, 0.2) is 0 Å². The van der Waals surface area contributed by atoms with Crippen LogP contribution in [0.1, 0.15) is 31.9 Å². The molecule has 4 nitrogen and oxygen atoms in total. The molecule has 6 heteroatoms. The predicted molar refractivity (Wildman–Crippen MR) is 139 cm³/mol. The van der Waals surface area contributed by atoms with Gasteiger partial charge in [0.05, 0.1) is 0 Å². The summed E-state index contributed by atoms with van der Waals surface area (Å²) in [6.07, 6.45) is 0. The Labute approximate surface area is 201 Å². The highest BCUT2D eigenvalue weighted by atomic mass is 32.1. The molecule has 0 saturated heterocycles. The van der Waals surface area contributed by atoms with Gasteiger partial charge in [-0.05, 0) is 76.9 Å². The van der Waals surface area contributed by atoms with Crippen molar-refractivity contribution >= 4 is 34.4 Å². The van der Waals surface area contributed by atoms with Crippen molar-refractivity contribution in [3.05, 3.63) is 76.5 Å². The molecule has 0 aliphatic rings. The quantitative estimate of drug-likeness (QED) is 0.358. The van der Waals surface area contributed by atoms with Gasteiger partial charge in [-0.2, -0.15) is 11.3 Å². The summed E-state index contributed by atoms with van der Waals surface area (Å²) in [6.45, 7) is 8.98. The number of anilines is 1. The molecule has 0 fully saturated rings. The van der Waals surface area contributed by atoms with Crippen LogP contribution >= 0.6 is 23.6 Å². The van der Waals surface area contributed by atoms with Gasteiger partial charge in [-0.3, -0.25) is 4.90 Å². The molecule has 170 valence electrons. The third-order valence-electron chi connectivity index (χ3n) is 5.18. The van der Waals surface area contributed by atoms with Gasteiger partial charge in [0.1, 0.15) is 18.1 Å². The van der Waals surface area contributed by atoms with E-state index in [1.165, 1.54) is 11.1 Å². The van der Waals surface area contributed by atoms with Gasteiger partial charge in [0.25, 0.3) is 5.17 Å². The van der Waals surface area contributed by atoms with Crippen LogP contribution < -0.4 is 14.4 Å². The molecule has 32 heavy (non-hydrogen) atoms. The zero-order valence-electron chi connectivity index (χ0n) is 19.5. The molecule has 0 aliphatic carbocycles. The SMILES string of the molecule is CN(CCOc1cccc(N(C)C(=S)Oc2ccc(C(C)(C)C)cc2)c1)Cc1ccsc1. The summed E-state index contributed by atoms with van der Waals surface area (Å²) >= 11 is 7.25. The highest BCUT2D eigenvalue weighted by molar-refractivity contribution is 7.80. The highest BCUT2D eigenvalue weighted by Gasteiger charge is 2.14. The number of rotatable bonds is 8. The Bertz CT molecular complexity index is 995. The van der Waals surface area contributed by atoms with Gasteiger partial charge in [0, 0.05) is 31.9 Å². The zero-order chi connectivity index (χ0) is 23.1. The lowest BCUT2D eigenvalue weighted by molar-refractivity contribution is 0.233. The Morgan fingerprint density at radius 3 is 2.41 bits per heavy atom. The van der Waals surface area contributed by atoms with Gasteiger partial charge >= 0.3 is 0 Å². The van der Waals surface area contributed by atoms with E-state index < -0.39 is 0 Å². The molecule has 2 aromatic carbocycles. The van der Waals surface area contributed by atoms with Crippen molar-refractivity contribution in [2.45, 2.75) is 32.7 Å². The van der Waals surface area contributed by atoms with Crippen LogP contribution in [-0.4, -0.2) is 37.3 Å². The minimum absolute atomic E-state index is 0.106. The molecule has 1 aromatic heterocycles. The van der Waals surface area contributed by atoms with Crippen LogP contribution in [0.15, 0.2) is 65.4 Å². The van der Waals surface area contributed by atoms with Crippen LogP contribution in [0.2, 0.25) is 0 Å². The third-order valence-corrected chi connectivity index (χ3v) is 6.27. The van der Waals surface area contributed by atoms with Gasteiger partial charge in [-0.25, -0.2) is 0 Å². The summed E-state index contributed by atoms with van der Waals surface area (Å²) in [5.41, 5.74) is 3.62. The normalized spacial score (nSPS) is 11.4. The van der Waals surface area contributed by atoms with E-state index in [0.717, 1.165) is 30.3 Å². The van der Waals surface area contributed by atoms with E-state index in [1.54, 1.807) is 11.3 Å². The van der Waals surface area contributed by atoms with E-state index in [9.17, 15) is 0 Å². The van der Waals surface area contributed by atoms with Crippen LogP contribution in [-0.2, 0) is 12.0 Å². The summed E-state index contributed by atoms with van der Waals surface area (Å²) in [5.74, 6) is 1.55. The summed E-state index contributed by atoms with van der Waals surface area (Å²) in [7, 11) is 4.01. The molecule has 0 bridgehead atoms. The molecular weight excluding hydrogens is 436 g/mol. The molecule has 0 spiro atoms. The topological polar surface area (TPSA) is 24.9 Å². The third kappa shape index (κ3) is 7.05. The maximum Gasteiger partial charge on any atom is 0.269 e. The molecule has 0 unspecified atom stereocenters. The fourth-order valence-corrected chi connectivity index (χ4v) is 4.03. The number of likely N-dealkylation sites (N-methyl/N-ethyl adjacent to an activating group) is 1. The molecule has 0 N–H and O–H groups in total. The Kier molecular flexibility index (Phi) is 8.29. The van der Waals surface area contributed by atoms with Crippen LogP contribution in [0.3, 0.4) is 0 Å². The Hall–Kier alpha value is -2.41. The molecule has 0 atom stereocenters. The Morgan fingerprint density at radius 2 is 1.75 bits per heavy atom. The minimum Gasteiger partial charge on any atom is -0.492 e. The van der Waals surface area contributed by atoms with Crippen molar-refractivity contribution < 1.29 is 9.47 Å². The van der Waals surface area contributed by atoms with Crippen LogP contribution in [0, 0.1) is 0 Å². The molecule has 0 saturated carbocycles. The lowest BCUT2D eigenvalue weighted by Crippen LogP contribution is -2.29. The Morgan fingerprint density at radius 1 is 1.00 bits per heavy atom. The zero-order valence-corrected chi connectivity index (χ0v) is 21.1. The molecule has 3 rings (SSSR count). The van der Waals surface area contributed by atoms with Crippen molar-refractivity contribution in [2.24, 2.45) is 0 Å². The number of benzene rings is 2. The van der Waals surface area contributed by atoms with Crippen molar-refractivity contribution in [1.29, 1.82) is 0 Å². The van der Waals surface area contributed by atoms with E-state index in [2.05, 4.69) is 61.7 Å². The maximum atomic E-state index is 5.98. The van der Waals surface area contributed by atoms with Crippen molar-refractivity contribution in [3.63, 3.8) is 0 Å². The Balaban J connectivity index is 1.52. The molecule has 3 aromatic rings. The van der Waals surface area contributed by atoms with Gasteiger partial charge in [-0.15, -0.1) is 0 Å². The first kappa shape index (κ1) is 24.2. The molecule has 1 heterocycles. The fraction of sp³-hybridized carbons (Fsp3) is 0.346. The average molecular weight is 469 g/mol. The van der Waals surface area contributed by atoms with Crippen LogP contribution in [0.25, 0.3) is 0 Å². The van der Waals surface area contributed by atoms with Crippen molar-refractivity contribution in [2.75, 3.05) is 32.1 Å². The summed E-state index contributed by atoms with van der Waals surface area (Å²) < 4.78 is 11.9. The lowest BCUT2D eigenvalue weighted by atomic mass is 9.87. The van der Waals surface area contributed by atoms with E-state index in [0.29, 0.717) is 11.8 Å². The molecular formula is C26H32N2O2S2. The van der Waals surface area contributed by atoms with Crippen LogP contribution in [0.5, 0.6) is 11.5 Å². The smallest absolute Gasteiger partial charge is 0.269 e. The number of nitrogens with zero attached hydrogens (tertiary/aromatic N) is 2. The van der Waals surface area contributed by atoms with Gasteiger partial charge in [-0.1, -0.05) is 39.0 Å². The molecule has 0 radical (unpaired) electrons. The number of thiocarbonyl (C=S) groups is 1.